The van der Waals surface area contributed by atoms with Gasteiger partial charge in [0.15, 0.2) is 0 Å². The molecule has 3 fully saturated rings. The molecule has 3 nitrogen and oxygen atoms in total. The smallest absolute Gasteiger partial charge is 0.241 e. The van der Waals surface area contributed by atoms with E-state index in [2.05, 4.69) is 24.1 Å². The molecule has 1 amide bonds. The van der Waals surface area contributed by atoms with Gasteiger partial charge in [0.1, 0.15) is 6.04 Å². The van der Waals surface area contributed by atoms with Crippen molar-refractivity contribution in [3.05, 3.63) is 0 Å². The third-order valence-electron chi connectivity index (χ3n) is 4.75. The Labute approximate surface area is 110 Å². The molecule has 0 aromatic rings. The highest BCUT2D eigenvalue weighted by molar-refractivity contribution is 5.86. The van der Waals surface area contributed by atoms with E-state index in [-0.39, 0.29) is 6.04 Å². The van der Waals surface area contributed by atoms with E-state index in [1.807, 2.05) is 0 Å². The zero-order valence-corrected chi connectivity index (χ0v) is 11.7. The number of hydrogen-bond acceptors (Lipinski definition) is 2. The minimum Gasteiger partial charge on any atom is -0.341 e. The van der Waals surface area contributed by atoms with Crippen LogP contribution in [-0.2, 0) is 4.79 Å². The molecule has 3 aliphatic rings. The number of hydrogen-bond donors (Lipinski definition) is 1. The largest absolute Gasteiger partial charge is 0.341 e. The standard InChI is InChI=1S/C15H26N2O/c1-10(2)9-11-5-7-17(8-6-11)15(18)14-13(16-14)12-3-4-12/h10-14,16H,3-9H2,1-2H3/t13-,14+/m0/s1. The SMILES string of the molecule is CC(C)CC1CCN(C(=O)[C@@H]2N[C@H]2C2CC2)CC1. The summed E-state index contributed by atoms with van der Waals surface area (Å²) in [6.07, 6.45) is 6.42. The molecular weight excluding hydrogens is 224 g/mol. The lowest BCUT2D eigenvalue weighted by Crippen LogP contribution is -2.42. The van der Waals surface area contributed by atoms with Crippen molar-refractivity contribution >= 4 is 5.91 Å². The number of carbonyl (C=O) groups is 1. The summed E-state index contributed by atoms with van der Waals surface area (Å²) in [6.45, 7) is 6.58. The molecule has 0 unspecified atom stereocenters. The monoisotopic (exact) mass is 250 g/mol. The third-order valence-corrected chi connectivity index (χ3v) is 4.75. The third kappa shape index (κ3) is 2.71. The Bertz CT molecular complexity index is 316. The predicted octanol–water partition coefficient (Wildman–Crippen LogP) is 2.02. The molecule has 3 rings (SSSR count). The Morgan fingerprint density at radius 3 is 2.44 bits per heavy atom. The van der Waals surface area contributed by atoms with E-state index in [0.717, 1.165) is 30.8 Å². The Balaban J connectivity index is 1.43. The molecule has 3 heteroatoms. The molecule has 0 aromatic carbocycles. The van der Waals surface area contributed by atoms with Gasteiger partial charge in [0.2, 0.25) is 5.91 Å². The van der Waals surface area contributed by atoms with Crippen LogP contribution in [0.2, 0.25) is 0 Å². The molecule has 18 heavy (non-hydrogen) atoms. The first kappa shape index (κ1) is 12.5. The van der Waals surface area contributed by atoms with Crippen molar-refractivity contribution in [2.24, 2.45) is 17.8 Å². The van der Waals surface area contributed by atoms with Crippen molar-refractivity contribution in [3.8, 4) is 0 Å². The van der Waals surface area contributed by atoms with E-state index >= 15 is 0 Å². The van der Waals surface area contributed by atoms with Crippen LogP contribution in [0.3, 0.4) is 0 Å². The Morgan fingerprint density at radius 2 is 1.89 bits per heavy atom. The molecule has 0 spiro atoms. The van der Waals surface area contributed by atoms with Crippen LogP contribution in [0.25, 0.3) is 0 Å². The highest BCUT2D eigenvalue weighted by Crippen LogP contribution is 2.40. The Morgan fingerprint density at radius 1 is 1.22 bits per heavy atom. The first-order valence-corrected chi connectivity index (χ1v) is 7.70. The van der Waals surface area contributed by atoms with Gasteiger partial charge in [-0.15, -0.1) is 0 Å². The second kappa shape index (κ2) is 4.84. The summed E-state index contributed by atoms with van der Waals surface area (Å²) >= 11 is 0. The fourth-order valence-electron chi connectivity index (χ4n) is 3.49. The molecule has 1 aliphatic carbocycles. The minimum absolute atomic E-state index is 0.180. The number of amides is 1. The zero-order valence-electron chi connectivity index (χ0n) is 11.7. The quantitative estimate of drug-likeness (QED) is 0.776. The van der Waals surface area contributed by atoms with E-state index in [1.54, 1.807) is 0 Å². The van der Waals surface area contributed by atoms with Crippen LogP contribution in [0.4, 0.5) is 0 Å². The van der Waals surface area contributed by atoms with E-state index in [0.29, 0.717) is 11.9 Å². The van der Waals surface area contributed by atoms with Crippen molar-refractivity contribution < 1.29 is 4.79 Å². The zero-order chi connectivity index (χ0) is 12.7. The van der Waals surface area contributed by atoms with Crippen LogP contribution < -0.4 is 5.32 Å². The lowest BCUT2D eigenvalue weighted by Gasteiger charge is -2.32. The van der Waals surface area contributed by atoms with Crippen molar-refractivity contribution in [2.75, 3.05) is 13.1 Å². The van der Waals surface area contributed by atoms with Crippen LogP contribution in [0.5, 0.6) is 0 Å². The minimum atomic E-state index is 0.180. The fraction of sp³-hybridized carbons (Fsp3) is 0.933. The summed E-state index contributed by atoms with van der Waals surface area (Å²) < 4.78 is 0. The second-order valence-electron chi connectivity index (χ2n) is 6.91. The molecular formula is C15H26N2O. The lowest BCUT2D eigenvalue weighted by atomic mass is 9.88. The molecule has 2 aliphatic heterocycles. The van der Waals surface area contributed by atoms with Gasteiger partial charge in [-0.25, -0.2) is 0 Å². The van der Waals surface area contributed by atoms with Gasteiger partial charge in [-0.2, -0.15) is 0 Å². The number of nitrogens with zero attached hydrogens (tertiary/aromatic N) is 1. The lowest BCUT2D eigenvalue weighted by molar-refractivity contribution is -0.132. The molecule has 2 saturated heterocycles. The van der Waals surface area contributed by atoms with Crippen molar-refractivity contribution in [1.82, 2.24) is 10.2 Å². The molecule has 2 heterocycles. The molecule has 1 saturated carbocycles. The number of nitrogens with one attached hydrogen (secondary N) is 1. The molecule has 0 aromatic heterocycles. The maximum atomic E-state index is 12.3. The van der Waals surface area contributed by atoms with E-state index < -0.39 is 0 Å². The number of rotatable bonds is 4. The van der Waals surface area contributed by atoms with Gasteiger partial charge in [-0.05, 0) is 49.9 Å². The highest BCUT2D eigenvalue weighted by Gasteiger charge is 2.52. The van der Waals surface area contributed by atoms with Gasteiger partial charge in [0, 0.05) is 19.1 Å². The number of carbonyl (C=O) groups excluding carboxylic acids is 1. The summed E-state index contributed by atoms with van der Waals surface area (Å²) in [5.41, 5.74) is 0. The van der Waals surface area contributed by atoms with Gasteiger partial charge < -0.3 is 4.90 Å². The van der Waals surface area contributed by atoms with Crippen molar-refractivity contribution in [2.45, 2.75) is 58.0 Å². The Kier molecular flexibility index (Phi) is 3.35. The second-order valence-corrected chi connectivity index (χ2v) is 6.91. The van der Waals surface area contributed by atoms with Crippen LogP contribution in [0.15, 0.2) is 0 Å². The normalized spacial score (nSPS) is 32.9. The van der Waals surface area contributed by atoms with Crippen LogP contribution >= 0.6 is 0 Å². The maximum Gasteiger partial charge on any atom is 0.241 e. The molecule has 0 bridgehead atoms. The van der Waals surface area contributed by atoms with E-state index in [1.165, 1.54) is 32.1 Å². The topological polar surface area (TPSA) is 42.2 Å². The van der Waals surface area contributed by atoms with Crippen molar-refractivity contribution in [3.63, 3.8) is 0 Å². The number of piperidine rings is 1. The van der Waals surface area contributed by atoms with Gasteiger partial charge >= 0.3 is 0 Å². The van der Waals surface area contributed by atoms with Crippen molar-refractivity contribution in [1.29, 1.82) is 0 Å². The Hall–Kier alpha value is -0.570. The molecule has 102 valence electrons. The van der Waals surface area contributed by atoms with Gasteiger partial charge in [-0.3, -0.25) is 10.1 Å². The summed E-state index contributed by atoms with van der Waals surface area (Å²) in [7, 11) is 0. The highest BCUT2D eigenvalue weighted by atomic mass is 16.2. The van der Waals surface area contributed by atoms with E-state index in [4.69, 9.17) is 0 Å². The predicted molar refractivity (Wildman–Crippen MR) is 72.2 cm³/mol. The van der Waals surface area contributed by atoms with Crippen LogP contribution in [0.1, 0.15) is 46.0 Å². The van der Waals surface area contributed by atoms with Gasteiger partial charge in [0.05, 0.1) is 0 Å². The van der Waals surface area contributed by atoms with Gasteiger partial charge in [0.25, 0.3) is 0 Å². The summed E-state index contributed by atoms with van der Waals surface area (Å²) in [5.74, 6) is 2.84. The summed E-state index contributed by atoms with van der Waals surface area (Å²) in [4.78, 5) is 14.4. The first-order valence-electron chi connectivity index (χ1n) is 7.70. The fourth-order valence-corrected chi connectivity index (χ4v) is 3.49. The summed E-state index contributed by atoms with van der Waals surface area (Å²) in [6, 6.07) is 0.713. The van der Waals surface area contributed by atoms with Crippen LogP contribution in [0, 0.1) is 17.8 Å². The van der Waals surface area contributed by atoms with E-state index in [9.17, 15) is 4.79 Å². The molecule has 1 N–H and O–H groups in total. The van der Waals surface area contributed by atoms with Crippen LogP contribution in [-0.4, -0.2) is 36.0 Å². The number of likely N-dealkylation sites (tertiary alicyclic amines) is 1. The molecule has 0 radical (unpaired) electrons. The maximum absolute atomic E-state index is 12.3. The summed E-state index contributed by atoms with van der Waals surface area (Å²) in [5, 5.41) is 3.38. The average molecular weight is 250 g/mol. The molecule has 2 atom stereocenters. The first-order chi connectivity index (χ1) is 8.65. The average Bonchev–Trinajstić information content (AvgIpc) is 3.19. The van der Waals surface area contributed by atoms with Gasteiger partial charge in [-0.1, -0.05) is 13.8 Å².